The van der Waals surface area contributed by atoms with E-state index in [1.165, 1.54) is 17.7 Å². The van der Waals surface area contributed by atoms with E-state index in [2.05, 4.69) is 0 Å². The zero-order valence-corrected chi connectivity index (χ0v) is 14.6. The first-order valence-electron chi connectivity index (χ1n) is 7.23. The highest BCUT2D eigenvalue weighted by molar-refractivity contribution is 7.20. The van der Waals surface area contributed by atoms with Crippen LogP contribution >= 0.6 is 22.9 Å². The van der Waals surface area contributed by atoms with Crippen LogP contribution in [0, 0.1) is 0 Å². The van der Waals surface area contributed by atoms with Gasteiger partial charge < -0.3 is 9.84 Å². The Morgan fingerprint density at radius 1 is 1.28 bits per heavy atom. The van der Waals surface area contributed by atoms with Crippen LogP contribution in [0.3, 0.4) is 0 Å². The minimum atomic E-state index is -1.13. The number of thiophene rings is 1. The van der Waals surface area contributed by atoms with Crippen LogP contribution in [0.1, 0.15) is 9.67 Å². The monoisotopic (exact) mass is 380 g/mol. The number of benzene rings is 1. The molecular formula is C16H13ClN2O5S. The Morgan fingerprint density at radius 2 is 1.96 bits per heavy atom. The average Bonchev–Trinajstić information content (AvgIpc) is 3.04. The first kappa shape index (κ1) is 17.2. The summed E-state index contributed by atoms with van der Waals surface area (Å²) in [6, 6.07) is 8.01. The van der Waals surface area contributed by atoms with Gasteiger partial charge in [0.05, 0.1) is 11.9 Å². The second-order valence-corrected chi connectivity index (χ2v) is 6.70. The van der Waals surface area contributed by atoms with Crippen LogP contribution in [0.25, 0.3) is 10.2 Å². The summed E-state index contributed by atoms with van der Waals surface area (Å²) >= 11 is 6.69. The molecule has 0 radical (unpaired) electrons. The topological polar surface area (TPSA) is 90.5 Å². The summed E-state index contributed by atoms with van der Waals surface area (Å²) in [5.41, 5.74) is -1.04. The molecule has 9 heteroatoms. The van der Waals surface area contributed by atoms with E-state index in [1.807, 2.05) is 0 Å². The number of fused-ring (bicyclic) bond motifs is 1. The highest BCUT2D eigenvalue weighted by Gasteiger charge is 2.17. The molecule has 0 aliphatic rings. The summed E-state index contributed by atoms with van der Waals surface area (Å²) in [5.74, 6) is -0.565. The van der Waals surface area contributed by atoms with Gasteiger partial charge in [-0.1, -0.05) is 11.6 Å². The van der Waals surface area contributed by atoms with Crippen LogP contribution in [-0.4, -0.2) is 26.8 Å². The molecule has 0 spiro atoms. The van der Waals surface area contributed by atoms with E-state index in [9.17, 15) is 14.4 Å². The summed E-state index contributed by atoms with van der Waals surface area (Å²) in [5, 5.41) is 9.86. The van der Waals surface area contributed by atoms with Gasteiger partial charge in [-0.05, 0) is 30.3 Å². The zero-order valence-electron chi connectivity index (χ0n) is 13.1. The molecule has 2 aromatic heterocycles. The molecular weight excluding hydrogens is 368 g/mol. The van der Waals surface area contributed by atoms with E-state index in [4.69, 9.17) is 21.4 Å². The van der Waals surface area contributed by atoms with Crippen molar-refractivity contribution in [2.45, 2.75) is 6.54 Å². The molecule has 3 rings (SSSR count). The third kappa shape index (κ3) is 3.31. The van der Waals surface area contributed by atoms with Crippen molar-refractivity contribution >= 4 is 39.1 Å². The third-order valence-corrected chi connectivity index (χ3v) is 5.07. The van der Waals surface area contributed by atoms with Gasteiger partial charge in [0.25, 0.3) is 5.56 Å². The Bertz CT molecular complexity index is 1070. The maximum Gasteiger partial charge on any atom is 0.345 e. The van der Waals surface area contributed by atoms with Crippen LogP contribution in [0.15, 0.2) is 39.9 Å². The van der Waals surface area contributed by atoms with Crippen molar-refractivity contribution in [2.24, 2.45) is 7.05 Å². The SMILES string of the molecule is Cn1c(=O)n(CCOc2ccc(Cl)cc2)c(=O)c2cc(C(=O)O)sc21. The fourth-order valence-electron chi connectivity index (χ4n) is 2.37. The number of ether oxygens (including phenoxy) is 1. The number of carbonyl (C=O) groups is 1. The number of aromatic carboxylic acids is 1. The molecule has 25 heavy (non-hydrogen) atoms. The van der Waals surface area contributed by atoms with E-state index in [0.29, 0.717) is 15.6 Å². The first-order chi connectivity index (χ1) is 11.9. The van der Waals surface area contributed by atoms with Crippen LogP contribution in [0.5, 0.6) is 5.75 Å². The molecule has 7 nitrogen and oxygen atoms in total. The van der Waals surface area contributed by atoms with E-state index in [0.717, 1.165) is 15.9 Å². The molecule has 0 aliphatic heterocycles. The number of carboxylic acids is 1. The van der Waals surface area contributed by atoms with Gasteiger partial charge in [-0.3, -0.25) is 13.9 Å². The Kier molecular flexibility index (Phi) is 4.65. The molecule has 3 aromatic rings. The third-order valence-electron chi connectivity index (χ3n) is 3.62. The second kappa shape index (κ2) is 6.73. The Hall–Kier alpha value is -2.58. The van der Waals surface area contributed by atoms with Gasteiger partial charge in [0.1, 0.15) is 22.1 Å². The minimum absolute atomic E-state index is 0.0114. The Morgan fingerprint density at radius 3 is 2.60 bits per heavy atom. The molecule has 0 fully saturated rings. The maximum absolute atomic E-state index is 12.5. The Balaban J connectivity index is 1.90. The fraction of sp³-hybridized carbons (Fsp3) is 0.188. The number of aromatic nitrogens is 2. The maximum atomic E-state index is 12.5. The Labute approximate surface area is 150 Å². The summed E-state index contributed by atoms with van der Waals surface area (Å²) < 4.78 is 7.82. The number of carboxylic acid groups (broad SMARTS) is 1. The first-order valence-corrected chi connectivity index (χ1v) is 8.43. The highest BCUT2D eigenvalue weighted by atomic mass is 35.5. The van der Waals surface area contributed by atoms with Crippen LogP contribution in [0.4, 0.5) is 0 Å². The van der Waals surface area contributed by atoms with Gasteiger partial charge in [0, 0.05) is 12.1 Å². The van der Waals surface area contributed by atoms with E-state index >= 15 is 0 Å². The zero-order chi connectivity index (χ0) is 18.1. The van der Waals surface area contributed by atoms with E-state index in [1.54, 1.807) is 24.3 Å². The summed E-state index contributed by atoms with van der Waals surface area (Å²) in [7, 11) is 1.50. The molecule has 0 aliphatic carbocycles. The van der Waals surface area contributed by atoms with E-state index < -0.39 is 17.2 Å². The fourth-order valence-corrected chi connectivity index (χ4v) is 3.44. The van der Waals surface area contributed by atoms with Gasteiger partial charge in [-0.2, -0.15) is 0 Å². The van der Waals surface area contributed by atoms with Crippen molar-refractivity contribution in [1.29, 1.82) is 0 Å². The molecule has 1 aromatic carbocycles. The van der Waals surface area contributed by atoms with Crippen molar-refractivity contribution < 1.29 is 14.6 Å². The summed E-state index contributed by atoms with van der Waals surface area (Å²) in [6.07, 6.45) is 0. The van der Waals surface area contributed by atoms with Crippen LogP contribution in [0.2, 0.25) is 5.02 Å². The van der Waals surface area contributed by atoms with Crippen molar-refractivity contribution in [2.75, 3.05) is 6.61 Å². The second-order valence-electron chi connectivity index (χ2n) is 5.24. The van der Waals surface area contributed by atoms with Crippen molar-refractivity contribution in [1.82, 2.24) is 9.13 Å². The highest BCUT2D eigenvalue weighted by Crippen LogP contribution is 2.21. The number of rotatable bonds is 5. The lowest BCUT2D eigenvalue weighted by molar-refractivity contribution is 0.0702. The lowest BCUT2D eigenvalue weighted by Gasteiger charge is -2.09. The predicted molar refractivity (Wildman–Crippen MR) is 95.2 cm³/mol. The molecule has 2 heterocycles. The van der Waals surface area contributed by atoms with Gasteiger partial charge >= 0.3 is 11.7 Å². The molecule has 1 N–H and O–H groups in total. The molecule has 0 unspecified atom stereocenters. The number of aryl methyl sites for hydroxylation is 1. The summed E-state index contributed by atoms with van der Waals surface area (Å²) in [6.45, 7) is 0.153. The van der Waals surface area contributed by atoms with Gasteiger partial charge in [-0.15, -0.1) is 11.3 Å². The van der Waals surface area contributed by atoms with Gasteiger partial charge in [0.2, 0.25) is 0 Å². The molecule has 0 atom stereocenters. The minimum Gasteiger partial charge on any atom is -0.492 e. The number of halogens is 1. The lowest BCUT2D eigenvalue weighted by atomic mass is 10.3. The standard InChI is InChI=1S/C16H13ClN2O5S/c1-18-14-11(8-12(25-14)15(21)22)13(20)19(16(18)23)6-7-24-10-4-2-9(17)3-5-10/h2-5,8H,6-7H2,1H3,(H,21,22). The normalized spacial score (nSPS) is 11.0. The quantitative estimate of drug-likeness (QED) is 0.732. The van der Waals surface area contributed by atoms with Crippen LogP contribution in [-0.2, 0) is 13.6 Å². The lowest BCUT2D eigenvalue weighted by Crippen LogP contribution is -2.39. The van der Waals surface area contributed by atoms with Crippen molar-refractivity contribution in [3.8, 4) is 5.75 Å². The van der Waals surface area contributed by atoms with Crippen LogP contribution < -0.4 is 16.0 Å². The molecule has 0 saturated heterocycles. The predicted octanol–water partition coefficient (Wildman–Crippen LogP) is 2.19. The molecule has 0 bridgehead atoms. The van der Waals surface area contributed by atoms with Gasteiger partial charge in [-0.25, -0.2) is 9.59 Å². The molecule has 0 saturated carbocycles. The number of nitrogens with zero attached hydrogens (tertiary/aromatic N) is 2. The van der Waals surface area contributed by atoms with E-state index in [-0.39, 0.29) is 23.4 Å². The largest absolute Gasteiger partial charge is 0.492 e. The molecule has 0 amide bonds. The number of hydrogen-bond acceptors (Lipinski definition) is 5. The molecule has 130 valence electrons. The van der Waals surface area contributed by atoms with Crippen molar-refractivity contribution in [3.63, 3.8) is 0 Å². The smallest absolute Gasteiger partial charge is 0.345 e. The van der Waals surface area contributed by atoms with Crippen molar-refractivity contribution in [3.05, 3.63) is 61.1 Å². The van der Waals surface area contributed by atoms with Gasteiger partial charge in [0.15, 0.2) is 0 Å². The average molecular weight is 381 g/mol. The summed E-state index contributed by atoms with van der Waals surface area (Å²) in [4.78, 5) is 36.3. The number of hydrogen-bond donors (Lipinski definition) is 1.